The Balaban J connectivity index is 1.20. The van der Waals surface area contributed by atoms with E-state index in [1.807, 2.05) is 24.4 Å². The summed E-state index contributed by atoms with van der Waals surface area (Å²) in [6.07, 6.45) is 8.34. The molecule has 0 radical (unpaired) electrons. The molecule has 3 fully saturated rings. The normalized spacial score (nSPS) is 24.7. The lowest BCUT2D eigenvalue weighted by atomic mass is 9.91. The van der Waals surface area contributed by atoms with Gasteiger partial charge in [0.2, 0.25) is 0 Å². The Morgan fingerprint density at radius 1 is 1.17 bits per heavy atom. The Hall–Kier alpha value is -3.73. The van der Waals surface area contributed by atoms with Crippen LogP contribution < -0.4 is 21.3 Å². The quantitative estimate of drug-likeness (QED) is 0.255. The SMILES string of the molecule is CC(C)(O)C(F)CNC(=O)c1cnc(Nc2ccc3c(c2)CC=N3)cc1NC12CCC(NC(=O)OCC3CC3)(CC1)C2. The van der Waals surface area contributed by atoms with E-state index in [0.717, 1.165) is 61.9 Å². The third kappa shape index (κ3) is 6.21. The maximum absolute atomic E-state index is 14.4. The lowest BCUT2D eigenvalue weighted by molar-refractivity contribution is -0.00177. The molecule has 5 N–H and O–H groups in total. The van der Waals surface area contributed by atoms with E-state index in [2.05, 4.69) is 31.2 Å². The van der Waals surface area contributed by atoms with Crippen molar-refractivity contribution in [1.82, 2.24) is 15.6 Å². The monoisotopic (exact) mass is 578 g/mol. The predicted molar refractivity (Wildman–Crippen MR) is 159 cm³/mol. The molecule has 42 heavy (non-hydrogen) atoms. The molecule has 1 atom stereocenters. The summed E-state index contributed by atoms with van der Waals surface area (Å²) < 4.78 is 19.9. The number of nitrogens with one attached hydrogen (secondary N) is 4. The molecule has 1 aliphatic heterocycles. The van der Waals surface area contributed by atoms with E-state index >= 15 is 0 Å². The summed E-state index contributed by atoms with van der Waals surface area (Å²) in [5, 5.41) is 22.7. The van der Waals surface area contributed by atoms with Gasteiger partial charge in [-0.15, -0.1) is 0 Å². The van der Waals surface area contributed by atoms with Gasteiger partial charge in [-0.2, -0.15) is 0 Å². The number of nitrogens with zero attached hydrogens (tertiary/aromatic N) is 2. The molecule has 10 nitrogen and oxygen atoms in total. The number of alkyl halides is 1. The van der Waals surface area contributed by atoms with E-state index < -0.39 is 17.7 Å². The van der Waals surface area contributed by atoms with Crippen LogP contribution in [0, 0.1) is 5.92 Å². The van der Waals surface area contributed by atoms with Crippen LogP contribution in [-0.4, -0.2) is 64.3 Å². The highest BCUT2D eigenvalue weighted by Crippen LogP contribution is 2.52. The maximum Gasteiger partial charge on any atom is 0.407 e. The molecular weight excluding hydrogens is 539 g/mol. The van der Waals surface area contributed by atoms with Crippen LogP contribution in [-0.2, 0) is 11.2 Å². The van der Waals surface area contributed by atoms with E-state index in [1.165, 1.54) is 20.0 Å². The van der Waals surface area contributed by atoms with Crippen molar-refractivity contribution in [3.05, 3.63) is 41.6 Å². The second-order valence-corrected chi connectivity index (χ2v) is 13.0. The van der Waals surface area contributed by atoms with Crippen molar-refractivity contribution in [1.29, 1.82) is 0 Å². The van der Waals surface area contributed by atoms with Gasteiger partial charge in [-0.3, -0.25) is 9.79 Å². The minimum atomic E-state index is -1.63. The summed E-state index contributed by atoms with van der Waals surface area (Å²) in [7, 11) is 0. The molecule has 11 heteroatoms. The zero-order valence-corrected chi connectivity index (χ0v) is 24.1. The number of anilines is 3. The molecule has 224 valence electrons. The first kappa shape index (κ1) is 28.4. The predicted octanol–water partition coefficient (Wildman–Crippen LogP) is 4.93. The van der Waals surface area contributed by atoms with Crippen molar-refractivity contribution >= 4 is 41.1 Å². The van der Waals surface area contributed by atoms with Crippen molar-refractivity contribution < 1.29 is 23.8 Å². The molecule has 0 saturated heterocycles. The molecule has 2 heterocycles. The molecule has 1 aromatic carbocycles. The molecule has 2 bridgehead atoms. The lowest BCUT2D eigenvalue weighted by Crippen LogP contribution is -2.45. The summed E-state index contributed by atoms with van der Waals surface area (Å²) >= 11 is 0. The molecule has 3 aliphatic carbocycles. The van der Waals surface area contributed by atoms with Crippen LogP contribution in [0.3, 0.4) is 0 Å². The maximum atomic E-state index is 14.4. The molecule has 2 amide bonds. The Morgan fingerprint density at radius 2 is 1.93 bits per heavy atom. The Labute approximate surface area is 244 Å². The summed E-state index contributed by atoms with van der Waals surface area (Å²) in [5.41, 5.74) is 1.54. The standard InChI is InChI=1S/C31H39FN6O4/c1-29(2,41)25(32)16-35-27(39)22-15-34-26(36-21-5-6-23-20(13-21)7-12-33-23)14-24(22)37-30-8-10-31(18-30,11-9-30)38-28(40)42-17-19-3-4-19/h5-6,12-15,19,25,41H,3-4,7-11,16-18H2,1-2H3,(H,35,39)(H,38,40)(H2,34,36,37). The van der Waals surface area contributed by atoms with E-state index in [-0.39, 0.29) is 29.3 Å². The molecule has 1 unspecified atom stereocenters. The zero-order valence-electron chi connectivity index (χ0n) is 24.1. The van der Waals surface area contributed by atoms with E-state index in [0.29, 0.717) is 30.5 Å². The third-order valence-corrected chi connectivity index (χ3v) is 9.01. The van der Waals surface area contributed by atoms with Gasteiger partial charge in [-0.05, 0) is 88.5 Å². The number of hydrogen-bond donors (Lipinski definition) is 5. The Bertz CT molecular complexity index is 1390. The van der Waals surface area contributed by atoms with E-state index in [1.54, 1.807) is 6.07 Å². The van der Waals surface area contributed by atoms with Gasteiger partial charge in [0.05, 0.1) is 35.7 Å². The number of fused-ring (bicyclic) bond motifs is 3. The van der Waals surface area contributed by atoms with Gasteiger partial charge in [0.15, 0.2) is 0 Å². The first-order chi connectivity index (χ1) is 20.0. The van der Waals surface area contributed by atoms with Gasteiger partial charge in [-0.25, -0.2) is 14.2 Å². The van der Waals surface area contributed by atoms with Crippen molar-refractivity contribution in [3.8, 4) is 0 Å². The van der Waals surface area contributed by atoms with Crippen molar-refractivity contribution in [2.45, 2.75) is 88.1 Å². The number of rotatable bonds is 11. The highest BCUT2D eigenvalue weighted by atomic mass is 19.1. The van der Waals surface area contributed by atoms with Crippen LogP contribution in [0.2, 0.25) is 0 Å². The van der Waals surface area contributed by atoms with Gasteiger partial charge in [0.1, 0.15) is 12.0 Å². The summed E-state index contributed by atoms with van der Waals surface area (Å²) in [5.74, 6) is 0.563. The average Bonchev–Trinajstić information content (AvgIpc) is 3.39. The second-order valence-electron chi connectivity index (χ2n) is 13.0. The lowest BCUT2D eigenvalue weighted by Gasteiger charge is -2.30. The van der Waals surface area contributed by atoms with Crippen LogP contribution in [0.5, 0.6) is 0 Å². The van der Waals surface area contributed by atoms with Crippen LogP contribution >= 0.6 is 0 Å². The first-order valence-corrected chi connectivity index (χ1v) is 14.8. The number of aliphatic imine (C=N–C) groups is 1. The van der Waals surface area contributed by atoms with E-state index in [9.17, 15) is 19.1 Å². The van der Waals surface area contributed by atoms with E-state index in [4.69, 9.17) is 4.74 Å². The summed E-state index contributed by atoms with van der Waals surface area (Å²) in [6.45, 7) is 2.87. The molecule has 1 aromatic heterocycles. The number of carbonyl (C=O) groups is 2. The molecule has 0 spiro atoms. The zero-order chi connectivity index (χ0) is 29.5. The van der Waals surface area contributed by atoms with Gasteiger partial charge in [0.25, 0.3) is 5.91 Å². The third-order valence-electron chi connectivity index (χ3n) is 9.01. The molecule has 6 rings (SSSR count). The fraction of sp³-hybridized carbons (Fsp3) is 0.548. The number of halogens is 1. The van der Waals surface area contributed by atoms with Gasteiger partial charge >= 0.3 is 6.09 Å². The number of amides is 2. The van der Waals surface area contributed by atoms with Crippen LogP contribution in [0.4, 0.5) is 32.1 Å². The minimum absolute atomic E-state index is 0.279. The topological polar surface area (TPSA) is 137 Å². The highest BCUT2D eigenvalue weighted by Gasteiger charge is 2.55. The second kappa shape index (κ2) is 10.8. The first-order valence-electron chi connectivity index (χ1n) is 14.8. The summed E-state index contributed by atoms with van der Waals surface area (Å²) in [6, 6.07) is 7.72. The number of alkyl carbamates (subject to hydrolysis) is 1. The Kier molecular flexibility index (Phi) is 7.32. The highest BCUT2D eigenvalue weighted by molar-refractivity contribution is 6.00. The number of aromatic nitrogens is 1. The van der Waals surface area contributed by atoms with Crippen molar-refractivity contribution in [2.75, 3.05) is 23.8 Å². The molecule has 4 aliphatic rings. The van der Waals surface area contributed by atoms with Gasteiger partial charge in [-0.1, -0.05) is 0 Å². The minimum Gasteiger partial charge on any atom is -0.449 e. The summed E-state index contributed by atoms with van der Waals surface area (Å²) in [4.78, 5) is 34.6. The van der Waals surface area contributed by atoms with Gasteiger partial charge in [0, 0.05) is 41.7 Å². The number of carbonyl (C=O) groups excluding carboxylic acids is 2. The number of hydrogen-bond acceptors (Lipinski definition) is 8. The van der Waals surface area contributed by atoms with Crippen LogP contribution in [0.15, 0.2) is 35.5 Å². The molecular formula is C31H39FN6O4. The smallest absolute Gasteiger partial charge is 0.407 e. The largest absolute Gasteiger partial charge is 0.449 e. The van der Waals surface area contributed by atoms with Crippen LogP contribution in [0.25, 0.3) is 0 Å². The van der Waals surface area contributed by atoms with Crippen molar-refractivity contribution in [2.24, 2.45) is 10.9 Å². The number of pyridine rings is 1. The molecule has 2 aromatic rings. The fourth-order valence-electron chi connectivity index (χ4n) is 6.24. The number of ether oxygens (including phenoxy) is 1. The average molecular weight is 579 g/mol. The number of aliphatic hydroxyl groups is 1. The van der Waals surface area contributed by atoms with Gasteiger partial charge < -0.3 is 31.1 Å². The van der Waals surface area contributed by atoms with Crippen molar-refractivity contribution in [3.63, 3.8) is 0 Å². The fourth-order valence-corrected chi connectivity index (χ4v) is 6.24. The van der Waals surface area contributed by atoms with Crippen LogP contribution in [0.1, 0.15) is 74.7 Å². The number of benzene rings is 1. The molecule has 3 saturated carbocycles. The Morgan fingerprint density at radius 3 is 2.67 bits per heavy atom.